The number of ketones is 2. The number of benzene rings is 2. The number of aliphatic hydroxyl groups excluding tert-OH is 2. The van der Waals surface area contributed by atoms with Crippen LogP contribution in [-0.4, -0.2) is 57.6 Å². The summed E-state index contributed by atoms with van der Waals surface area (Å²) < 4.78 is 25.9. The molecule has 182 valence electrons. The fourth-order valence-electron chi connectivity index (χ4n) is 3.42. The maximum Gasteiger partial charge on any atom is 0.294 e. The summed E-state index contributed by atoms with van der Waals surface area (Å²) in [6, 6.07) is 9.03. The minimum absolute atomic E-state index is 0.130. The number of nitrogens with one attached hydrogen (secondary N) is 1. The molecule has 1 saturated heterocycles. The van der Waals surface area contributed by atoms with Gasteiger partial charge in [-0.2, -0.15) is 0 Å². The molecule has 1 aliphatic rings. The highest BCUT2D eigenvalue weighted by Gasteiger charge is 2.28. The van der Waals surface area contributed by atoms with Crippen LogP contribution in [0.25, 0.3) is 11.5 Å². The van der Waals surface area contributed by atoms with E-state index in [1.165, 1.54) is 29.2 Å². The summed E-state index contributed by atoms with van der Waals surface area (Å²) in [4.78, 5) is 50.1. The summed E-state index contributed by atoms with van der Waals surface area (Å²) in [6.07, 6.45) is 2.06. The van der Waals surface area contributed by atoms with E-state index in [1.54, 1.807) is 0 Å². The first-order chi connectivity index (χ1) is 16.6. The smallest absolute Gasteiger partial charge is 0.294 e. The number of likely N-dealkylation sites (tertiary alicyclic amines) is 1. The molecule has 1 heterocycles. The number of hydrogen-bond donors (Lipinski definition) is 3. The predicted octanol–water partition coefficient (Wildman–Crippen LogP) is 2.71. The molecule has 2 aromatic rings. The number of carbonyl (C=O) groups is 4. The van der Waals surface area contributed by atoms with Crippen LogP contribution in [0, 0.1) is 11.6 Å². The number of halogens is 2. The van der Waals surface area contributed by atoms with Gasteiger partial charge in [0.2, 0.25) is 11.6 Å². The van der Waals surface area contributed by atoms with Crippen molar-refractivity contribution in [3.8, 4) is 0 Å². The SMILES string of the molecule is O=C(/C=C(\O)c1ccc(F)cc1)C(=O)NC1CCN(C(=O)C(=O)/C=C(\O)c2ccc(F)cc2)CC1. The van der Waals surface area contributed by atoms with Gasteiger partial charge in [-0.05, 0) is 61.4 Å². The molecule has 0 bridgehead atoms. The Morgan fingerprint density at radius 1 is 0.771 bits per heavy atom. The van der Waals surface area contributed by atoms with Gasteiger partial charge in [-0.3, -0.25) is 19.2 Å². The van der Waals surface area contributed by atoms with Crippen molar-refractivity contribution >= 4 is 34.9 Å². The van der Waals surface area contributed by atoms with Gasteiger partial charge >= 0.3 is 0 Å². The molecule has 1 aliphatic heterocycles. The Morgan fingerprint density at radius 2 is 1.20 bits per heavy atom. The monoisotopic (exact) mass is 484 g/mol. The van der Waals surface area contributed by atoms with Crippen molar-refractivity contribution in [2.24, 2.45) is 0 Å². The second kappa shape index (κ2) is 11.2. The number of amides is 2. The van der Waals surface area contributed by atoms with E-state index in [-0.39, 0.29) is 37.1 Å². The highest BCUT2D eigenvalue weighted by Crippen LogP contribution is 2.15. The first-order valence-electron chi connectivity index (χ1n) is 10.7. The fraction of sp³-hybridized carbons (Fsp3) is 0.200. The van der Waals surface area contributed by atoms with E-state index in [1.807, 2.05) is 0 Å². The van der Waals surface area contributed by atoms with E-state index < -0.39 is 52.6 Å². The number of aliphatic hydroxyl groups is 2. The molecule has 2 aromatic carbocycles. The minimum Gasteiger partial charge on any atom is -0.507 e. The van der Waals surface area contributed by atoms with Gasteiger partial charge in [0.15, 0.2) is 0 Å². The molecule has 10 heteroatoms. The summed E-state index contributed by atoms with van der Waals surface area (Å²) in [5, 5.41) is 22.5. The van der Waals surface area contributed by atoms with Crippen LogP contribution in [-0.2, 0) is 19.2 Å². The molecule has 2 amide bonds. The van der Waals surface area contributed by atoms with E-state index in [2.05, 4.69) is 5.32 Å². The molecule has 8 nitrogen and oxygen atoms in total. The van der Waals surface area contributed by atoms with Crippen molar-refractivity contribution in [1.82, 2.24) is 10.2 Å². The first-order valence-corrected chi connectivity index (χ1v) is 10.7. The number of carbonyl (C=O) groups excluding carboxylic acids is 4. The minimum atomic E-state index is -0.998. The number of nitrogens with zero attached hydrogens (tertiary/aromatic N) is 1. The van der Waals surface area contributed by atoms with E-state index in [0.29, 0.717) is 0 Å². The Labute approximate surface area is 199 Å². The van der Waals surface area contributed by atoms with Crippen molar-refractivity contribution in [2.75, 3.05) is 13.1 Å². The van der Waals surface area contributed by atoms with Crippen molar-refractivity contribution in [3.05, 3.63) is 83.4 Å². The molecule has 3 N–H and O–H groups in total. The lowest BCUT2D eigenvalue weighted by atomic mass is 10.0. The first kappa shape index (κ1) is 25.3. The van der Waals surface area contributed by atoms with Gasteiger partial charge in [-0.25, -0.2) is 8.78 Å². The van der Waals surface area contributed by atoms with Gasteiger partial charge in [0.05, 0.1) is 0 Å². The topological polar surface area (TPSA) is 124 Å². The summed E-state index contributed by atoms with van der Waals surface area (Å²) in [7, 11) is 0. The molecule has 0 radical (unpaired) electrons. The van der Waals surface area contributed by atoms with Crippen LogP contribution in [0.1, 0.15) is 24.0 Å². The summed E-state index contributed by atoms with van der Waals surface area (Å²) in [6.45, 7) is 0.261. The lowest BCUT2D eigenvalue weighted by Gasteiger charge is -2.31. The zero-order chi connectivity index (χ0) is 25.5. The molecular weight excluding hydrogens is 462 g/mol. The summed E-state index contributed by atoms with van der Waals surface area (Å²) >= 11 is 0. The van der Waals surface area contributed by atoms with Crippen molar-refractivity contribution in [3.63, 3.8) is 0 Å². The van der Waals surface area contributed by atoms with Crippen LogP contribution >= 0.6 is 0 Å². The molecule has 0 aliphatic carbocycles. The van der Waals surface area contributed by atoms with E-state index in [4.69, 9.17) is 0 Å². The van der Waals surface area contributed by atoms with E-state index in [0.717, 1.165) is 36.4 Å². The molecule has 35 heavy (non-hydrogen) atoms. The zero-order valence-electron chi connectivity index (χ0n) is 18.4. The molecular formula is C25H22F2N2O6. The quantitative estimate of drug-likeness (QED) is 0.315. The van der Waals surface area contributed by atoms with Crippen LogP contribution in [0.4, 0.5) is 8.78 Å². The molecule has 0 spiro atoms. The van der Waals surface area contributed by atoms with Crippen molar-refractivity contribution < 1.29 is 38.2 Å². The maximum atomic E-state index is 13.0. The van der Waals surface area contributed by atoms with Crippen molar-refractivity contribution in [1.29, 1.82) is 0 Å². The average Bonchev–Trinajstić information content (AvgIpc) is 2.84. The molecule has 0 atom stereocenters. The van der Waals surface area contributed by atoms with E-state index >= 15 is 0 Å². The van der Waals surface area contributed by atoms with Crippen LogP contribution in [0.3, 0.4) is 0 Å². The number of hydrogen-bond acceptors (Lipinski definition) is 6. The third kappa shape index (κ3) is 6.83. The molecule has 3 rings (SSSR count). The highest BCUT2D eigenvalue weighted by molar-refractivity contribution is 6.42. The predicted molar refractivity (Wildman–Crippen MR) is 122 cm³/mol. The largest absolute Gasteiger partial charge is 0.507 e. The summed E-state index contributed by atoms with van der Waals surface area (Å²) in [5.41, 5.74) is 0.349. The normalized spacial score (nSPS) is 15.0. The van der Waals surface area contributed by atoms with Gasteiger partial charge in [0, 0.05) is 42.4 Å². The Hall–Kier alpha value is -4.34. The highest BCUT2D eigenvalue weighted by atomic mass is 19.1. The van der Waals surface area contributed by atoms with Crippen LogP contribution in [0.2, 0.25) is 0 Å². The summed E-state index contributed by atoms with van der Waals surface area (Å²) in [5.74, 6) is -5.73. The molecule has 1 fully saturated rings. The average molecular weight is 484 g/mol. The van der Waals surface area contributed by atoms with Crippen LogP contribution in [0.5, 0.6) is 0 Å². The Balaban J connectivity index is 1.50. The number of piperidine rings is 1. The Bertz CT molecular complexity index is 1180. The zero-order valence-corrected chi connectivity index (χ0v) is 18.4. The van der Waals surface area contributed by atoms with Crippen LogP contribution in [0.15, 0.2) is 60.7 Å². The van der Waals surface area contributed by atoms with Gasteiger partial charge in [0.1, 0.15) is 23.2 Å². The second-order valence-electron chi connectivity index (χ2n) is 7.84. The third-order valence-corrected chi connectivity index (χ3v) is 5.37. The lowest BCUT2D eigenvalue weighted by molar-refractivity contribution is -0.143. The maximum absolute atomic E-state index is 13.0. The van der Waals surface area contributed by atoms with Gasteiger partial charge in [0.25, 0.3) is 11.8 Å². The second-order valence-corrected chi connectivity index (χ2v) is 7.84. The van der Waals surface area contributed by atoms with E-state index in [9.17, 15) is 38.2 Å². The fourth-order valence-corrected chi connectivity index (χ4v) is 3.42. The molecule has 0 aromatic heterocycles. The number of rotatable bonds is 7. The Morgan fingerprint density at radius 3 is 1.66 bits per heavy atom. The molecule has 0 unspecified atom stereocenters. The molecule has 0 saturated carbocycles. The van der Waals surface area contributed by atoms with Gasteiger partial charge in [-0.15, -0.1) is 0 Å². The van der Waals surface area contributed by atoms with Gasteiger partial charge < -0.3 is 20.4 Å². The third-order valence-electron chi connectivity index (χ3n) is 5.37. The Kier molecular flexibility index (Phi) is 8.08. The standard InChI is InChI=1S/C25H22F2N2O6/c26-17-5-1-15(2-6-17)20(30)13-22(32)24(34)28-19-9-11-29(12-10-19)25(35)23(33)14-21(31)16-3-7-18(27)8-4-16/h1-8,13-14,19,30-31H,9-12H2,(H,28,34)/b20-13-,21-14-. The van der Waals surface area contributed by atoms with Gasteiger partial charge in [-0.1, -0.05) is 0 Å². The van der Waals surface area contributed by atoms with Crippen molar-refractivity contribution in [2.45, 2.75) is 18.9 Å². The lowest BCUT2D eigenvalue weighted by Crippen LogP contribution is -2.49. The van der Waals surface area contributed by atoms with Crippen LogP contribution < -0.4 is 5.32 Å².